The summed E-state index contributed by atoms with van der Waals surface area (Å²) >= 11 is 6.43. The fraction of sp³-hybridized carbons (Fsp3) is 0.533. The van der Waals surface area contributed by atoms with Crippen molar-refractivity contribution < 1.29 is 9.90 Å². The van der Waals surface area contributed by atoms with Crippen LogP contribution in [0.1, 0.15) is 88.4 Å². The van der Waals surface area contributed by atoms with E-state index in [0.29, 0.717) is 23.9 Å². The molecule has 1 aliphatic rings. The number of aromatic hydroxyl groups is 1. The Kier molecular flexibility index (Phi) is 8.06. The minimum atomic E-state index is -0.299. The summed E-state index contributed by atoms with van der Waals surface area (Å²) in [6, 6.07) is 11.5. The smallest absolute Gasteiger partial charge is 0.182 e. The van der Waals surface area contributed by atoms with Crippen LogP contribution in [0.5, 0.6) is 5.75 Å². The van der Waals surface area contributed by atoms with Crippen molar-refractivity contribution in [1.29, 1.82) is 5.41 Å². The summed E-state index contributed by atoms with van der Waals surface area (Å²) < 4.78 is 0. The van der Waals surface area contributed by atoms with Gasteiger partial charge in [0.25, 0.3) is 0 Å². The normalized spacial score (nSPS) is 18.9. The molecule has 4 nitrogen and oxygen atoms in total. The maximum Gasteiger partial charge on any atom is 0.182 e. The first-order chi connectivity index (χ1) is 16.2. The first-order valence-corrected chi connectivity index (χ1v) is 13.1. The van der Waals surface area contributed by atoms with Gasteiger partial charge in [0.2, 0.25) is 0 Å². The molecule has 2 aromatic carbocycles. The van der Waals surface area contributed by atoms with Gasteiger partial charge in [0.1, 0.15) is 11.6 Å². The zero-order valence-electron chi connectivity index (χ0n) is 22.3. The second-order valence-corrected chi connectivity index (χ2v) is 12.5. The Labute approximate surface area is 216 Å². The predicted molar refractivity (Wildman–Crippen MR) is 146 cm³/mol. The van der Waals surface area contributed by atoms with Crippen LogP contribution in [0.15, 0.2) is 36.4 Å². The van der Waals surface area contributed by atoms with Gasteiger partial charge in [-0.15, -0.1) is 0 Å². The number of halogens is 1. The Morgan fingerprint density at radius 1 is 1.09 bits per heavy atom. The molecule has 190 valence electrons. The van der Waals surface area contributed by atoms with Crippen molar-refractivity contribution in [3.63, 3.8) is 0 Å². The van der Waals surface area contributed by atoms with Gasteiger partial charge in [0.05, 0.1) is 6.54 Å². The second kappa shape index (κ2) is 10.3. The number of phenolic OH excluding ortho intramolecular Hbond substituents is 1. The van der Waals surface area contributed by atoms with Crippen LogP contribution in [-0.4, -0.2) is 34.7 Å². The molecule has 35 heavy (non-hydrogen) atoms. The molecule has 0 aliphatic carbocycles. The molecule has 2 N–H and O–H groups in total. The Balaban J connectivity index is 1.89. The van der Waals surface area contributed by atoms with Gasteiger partial charge in [-0.2, -0.15) is 0 Å². The number of carbonyl (C=O) groups is 1. The minimum absolute atomic E-state index is 0.0145. The molecule has 0 unspecified atom stereocenters. The van der Waals surface area contributed by atoms with E-state index in [1.807, 2.05) is 82.8 Å². The van der Waals surface area contributed by atoms with Gasteiger partial charge in [-0.05, 0) is 53.4 Å². The van der Waals surface area contributed by atoms with E-state index < -0.39 is 0 Å². The minimum Gasteiger partial charge on any atom is -0.507 e. The van der Waals surface area contributed by atoms with Crippen LogP contribution in [0.4, 0.5) is 0 Å². The van der Waals surface area contributed by atoms with Crippen LogP contribution in [0, 0.1) is 17.2 Å². The number of likely N-dealkylation sites (tertiary alicyclic amines) is 1. The Bertz CT molecular complexity index is 1060. The lowest BCUT2D eigenvalue weighted by Crippen LogP contribution is -2.33. The summed E-state index contributed by atoms with van der Waals surface area (Å²) in [7, 11) is 0. The van der Waals surface area contributed by atoms with Crippen molar-refractivity contribution in [2.24, 2.45) is 11.8 Å². The summed E-state index contributed by atoms with van der Waals surface area (Å²) in [5.74, 6) is 1.17. The van der Waals surface area contributed by atoms with Crippen molar-refractivity contribution in [2.75, 3.05) is 13.1 Å². The molecule has 0 bridgehead atoms. The maximum atomic E-state index is 13.6. The van der Waals surface area contributed by atoms with Crippen LogP contribution >= 0.6 is 11.6 Å². The molecule has 0 radical (unpaired) electrons. The topological polar surface area (TPSA) is 64.4 Å². The third-order valence-electron chi connectivity index (χ3n) is 7.16. The van der Waals surface area contributed by atoms with Gasteiger partial charge in [-0.3, -0.25) is 10.2 Å². The molecule has 0 saturated carbocycles. The van der Waals surface area contributed by atoms with E-state index in [9.17, 15) is 9.90 Å². The van der Waals surface area contributed by atoms with Crippen LogP contribution < -0.4 is 0 Å². The number of hydrogen-bond acceptors (Lipinski definition) is 3. The molecule has 1 aliphatic heterocycles. The van der Waals surface area contributed by atoms with Gasteiger partial charge in [-0.25, -0.2) is 0 Å². The van der Waals surface area contributed by atoms with E-state index in [0.717, 1.165) is 41.0 Å². The molecule has 2 atom stereocenters. The lowest BCUT2D eigenvalue weighted by Gasteiger charge is -2.28. The number of benzene rings is 2. The van der Waals surface area contributed by atoms with Crippen molar-refractivity contribution in [1.82, 2.24) is 4.90 Å². The largest absolute Gasteiger partial charge is 0.507 e. The van der Waals surface area contributed by atoms with E-state index in [4.69, 9.17) is 17.0 Å². The monoisotopic (exact) mass is 496 g/mol. The van der Waals surface area contributed by atoms with Crippen molar-refractivity contribution >= 4 is 23.2 Å². The average Bonchev–Trinajstić information content (AvgIpc) is 3.03. The van der Waals surface area contributed by atoms with Crippen LogP contribution in [-0.2, 0) is 17.3 Å². The summed E-state index contributed by atoms with van der Waals surface area (Å²) in [5.41, 5.74) is 2.63. The van der Waals surface area contributed by atoms with Crippen LogP contribution in [0.2, 0.25) is 5.02 Å². The predicted octanol–water partition coefficient (Wildman–Crippen LogP) is 7.39. The van der Waals surface area contributed by atoms with E-state index >= 15 is 0 Å². The van der Waals surface area contributed by atoms with E-state index in [-0.39, 0.29) is 34.8 Å². The van der Waals surface area contributed by atoms with Gasteiger partial charge in [0, 0.05) is 34.2 Å². The Hall–Kier alpha value is -2.33. The third kappa shape index (κ3) is 6.09. The quantitative estimate of drug-likeness (QED) is 0.392. The standard InChI is InChI=1S/C30H41ClN2O2/c1-8-11-20-17-33(28(32)22(20)14-19-12-9-10-13-25(19)31)18-26(34)21-15-23(29(2,3)4)27(35)24(16-21)30(5,6)7/h9-10,12-13,15-16,20,22,32,35H,8,11,14,17-18H2,1-7H3/t20-,22+/m0/s1. The number of nitrogens with one attached hydrogen (secondary N) is 1. The number of carbonyl (C=O) groups excluding carboxylic acids is 1. The molecular weight excluding hydrogens is 456 g/mol. The van der Waals surface area contributed by atoms with E-state index in [1.165, 1.54) is 0 Å². The van der Waals surface area contributed by atoms with Crippen molar-refractivity contribution in [2.45, 2.75) is 78.6 Å². The van der Waals surface area contributed by atoms with Crippen LogP contribution in [0.3, 0.4) is 0 Å². The number of nitrogens with zero attached hydrogens (tertiary/aromatic N) is 1. The lowest BCUT2D eigenvalue weighted by molar-refractivity contribution is 0.0963. The summed E-state index contributed by atoms with van der Waals surface area (Å²) in [4.78, 5) is 15.5. The molecule has 0 amide bonds. The molecule has 2 aromatic rings. The van der Waals surface area contributed by atoms with Crippen LogP contribution in [0.25, 0.3) is 0 Å². The Morgan fingerprint density at radius 3 is 2.17 bits per heavy atom. The maximum absolute atomic E-state index is 13.6. The average molecular weight is 497 g/mol. The molecule has 5 heteroatoms. The molecule has 1 saturated heterocycles. The summed E-state index contributed by atoms with van der Waals surface area (Å²) in [5, 5.41) is 20.7. The highest BCUT2D eigenvalue weighted by Crippen LogP contribution is 2.40. The second-order valence-electron chi connectivity index (χ2n) is 12.1. The zero-order chi connectivity index (χ0) is 26.1. The van der Waals surface area contributed by atoms with E-state index in [2.05, 4.69) is 6.92 Å². The fourth-order valence-electron chi connectivity index (χ4n) is 5.15. The van der Waals surface area contributed by atoms with Crippen molar-refractivity contribution in [3.8, 4) is 5.75 Å². The number of ketones is 1. The van der Waals surface area contributed by atoms with Gasteiger partial charge in [-0.1, -0.05) is 84.7 Å². The number of phenols is 1. The molecule has 0 spiro atoms. The van der Waals surface area contributed by atoms with Crippen molar-refractivity contribution in [3.05, 3.63) is 63.7 Å². The number of hydrogen-bond donors (Lipinski definition) is 2. The zero-order valence-corrected chi connectivity index (χ0v) is 23.1. The van der Waals surface area contributed by atoms with Gasteiger partial charge in [0.15, 0.2) is 5.78 Å². The highest BCUT2D eigenvalue weighted by molar-refractivity contribution is 6.31. The molecule has 0 aromatic heterocycles. The number of Topliss-reactive ketones (excluding diaryl/α,β-unsaturated/α-hetero) is 1. The van der Waals surface area contributed by atoms with Gasteiger partial charge < -0.3 is 10.0 Å². The number of amidine groups is 1. The molecule has 1 fully saturated rings. The highest BCUT2D eigenvalue weighted by Gasteiger charge is 2.38. The Morgan fingerprint density at radius 2 is 1.66 bits per heavy atom. The van der Waals surface area contributed by atoms with E-state index in [1.54, 1.807) is 0 Å². The first kappa shape index (κ1) is 27.3. The SMILES string of the molecule is CCC[C@H]1CN(CC(=O)c2cc(C(C)(C)C)c(O)c(C(C)(C)C)c2)C(=N)[C@@H]1Cc1ccccc1Cl. The molecule has 1 heterocycles. The first-order valence-electron chi connectivity index (χ1n) is 12.7. The summed E-state index contributed by atoms with van der Waals surface area (Å²) in [6.07, 6.45) is 2.78. The number of rotatable bonds is 7. The fourth-order valence-corrected chi connectivity index (χ4v) is 5.36. The molecular formula is C30H41ClN2O2. The third-order valence-corrected chi connectivity index (χ3v) is 7.52. The molecule has 3 rings (SSSR count). The van der Waals surface area contributed by atoms with Gasteiger partial charge >= 0.3 is 0 Å². The highest BCUT2D eigenvalue weighted by atomic mass is 35.5. The summed E-state index contributed by atoms with van der Waals surface area (Å²) in [6.45, 7) is 15.4. The lowest BCUT2D eigenvalue weighted by atomic mass is 9.78.